The molecule has 0 amide bonds. The fraction of sp³-hybridized carbons (Fsp3) is 0.571. The van der Waals surface area contributed by atoms with Gasteiger partial charge in [-0.25, -0.2) is 0 Å². The fourth-order valence-electron chi connectivity index (χ4n) is 1.98. The third kappa shape index (κ3) is 4.69. The minimum atomic E-state index is -4.15. The van der Waals surface area contributed by atoms with E-state index in [1.807, 2.05) is 39.0 Å². The van der Waals surface area contributed by atoms with Crippen LogP contribution in [0.1, 0.15) is 42.5 Å². The van der Waals surface area contributed by atoms with E-state index in [4.69, 9.17) is 0 Å². The zero-order valence-corrected chi connectivity index (χ0v) is 11.1. The van der Waals surface area contributed by atoms with Gasteiger partial charge in [0.15, 0.2) is 0 Å². The molecule has 18 heavy (non-hydrogen) atoms. The van der Waals surface area contributed by atoms with Crippen LogP contribution in [0.2, 0.25) is 0 Å². The summed E-state index contributed by atoms with van der Waals surface area (Å²) in [5.41, 5.74) is 2.64. The first-order valence-electron chi connectivity index (χ1n) is 6.20. The van der Waals surface area contributed by atoms with Crippen LogP contribution >= 0.6 is 0 Å². The van der Waals surface area contributed by atoms with Crippen LogP contribution in [0.5, 0.6) is 0 Å². The first-order valence-corrected chi connectivity index (χ1v) is 6.20. The predicted octanol–water partition coefficient (Wildman–Crippen LogP) is 4.30. The van der Waals surface area contributed by atoms with Crippen molar-refractivity contribution in [2.24, 2.45) is 0 Å². The van der Waals surface area contributed by atoms with Gasteiger partial charge in [0.25, 0.3) is 0 Å². The Morgan fingerprint density at radius 2 is 1.89 bits per heavy atom. The summed E-state index contributed by atoms with van der Waals surface area (Å²) >= 11 is 0. The molecule has 0 aliphatic carbocycles. The van der Waals surface area contributed by atoms with Gasteiger partial charge in [-0.1, -0.05) is 30.7 Å². The van der Waals surface area contributed by atoms with E-state index in [1.54, 1.807) is 0 Å². The Balaban J connectivity index is 2.97. The first kappa shape index (κ1) is 15.0. The van der Waals surface area contributed by atoms with Gasteiger partial charge in [0.1, 0.15) is 0 Å². The van der Waals surface area contributed by atoms with Crippen molar-refractivity contribution >= 4 is 0 Å². The average Bonchev–Trinajstić information content (AvgIpc) is 2.26. The van der Waals surface area contributed by atoms with Crippen molar-refractivity contribution in [1.29, 1.82) is 0 Å². The topological polar surface area (TPSA) is 12.0 Å². The summed E-state index contributed by atoms with van der Waals surface area (Å²) < 4.78 is 37.8. The molecule has 1 aromatic rings. The molecule has 1 rings (SSSR count). The summed E-state index contributed by atoms with van der Waals surface area (Å²) in [6, 6.07) is 4.99. The molecule has 4 heteroatoms. The van der Waals surface area contributed by atoms with E-state index in [1.165, 1.54) is 0 Å². The zero-order chi connectivity index (χ0) is 13.8. The molecular weight excluding hydrogens is 239 g/mol. The second-order valence-electron chi connectivity index (χ2n) is 4.69. The Kier molecular flexibility index (Phi) is 5.20. The average molecular weight is 259 g/mol. The highest BCUT2D eigenvalue weighted by molar-refractivity contribution is 5.33. The van der Waals surface area contributed by atoms with Crippen LogP contribution in [0, 0.1) is 13.8 Å². The van der Waals surface area contributed by atoms with E-state index in [9.17, 15) is 13.2 Å². The van der Waals surface area contributed by atoms with E-state index >= 15 is 0 Å². The van der Waals surface area contributed by atoms with Crippen molar-refractivity contribution in [2.45, 2.75) is 45.8 Å². The van der Waals surface area contributed by atoms with Crippen LogP contribution < -0.4 is 5.32 Å². The molecule has 0 aromatic heterocycles. The van der Waals surface area contributed by atoms with Crippen molar-refractivity contribution in [3.63, 3.8) is 0 Å². The van der Waals surface area contributed by atoms with Crippen LogP contribution in [-0.2, 0) is 0 Å². The number of alkyl halides is 3. The lowest BCUT2D eigenvalue weighted by Crippen LogP contribution is -2.28. The molecule has 0 bridgehead atoms. The number of hydrogen-bond donors (Lipinski definition) is 1. The third-order valence-electron chi connectivity index (χ3n) is 2.89. The SMILES string of the molecule is CCCNC(CC(F)(F)F)c1cc(C)ccc1C. The van der Waals surface area contributed by atoms with Gasteiger partial charge in [0.05, 0.1) is 6.42 Å². The minimum absolute atomic E-state index is 0.591. The van der Waals surface area contributed by atoms with Gasteiger partial charge in [0, 0.05) is 6.04 Å². The highest BCUT2D eigenvalue weighted by atomic mass is 19.4. The zero-order valence-electron chi connectivity index (χ0n) is 11.1. The van der Waals surface area contributed by atoms with Crippen molar-refractivity contribution < 1.29 is 13.2 Å². The molecule has 1 unspecified atom stereocenters. The largest absolute Gasteiger partial charge is 0.390 e. The Morgan fingerprint density at radius 1 is 1.22 bits per heavy atom. The van der Waals surface area contributed by atoms with Crippen molar-refractivity contribution in [1.82, 2.24) is 5.32 Å². The molecule has 0 saturated heterocycles. The van der Waals surface area contributed by atoms with Gasteiger partial charge in [-0.2, -0.15) is 13.2 Å². The maximum atomic E-state index is 12.6. The number of rotatable bonds is 5. The lowest BCUT2D eigenvalue weighted by atomic mass is 9.96. The molecule has 0 aliphatic rings. The summed E-state index contributed by atoms with van der Waals surface area (Å²) in [5.74, 6) is 0. The number of benzene rings is 1. The van der Waals surface area contributed by atoms with Crippen LogP contribution in [0.4, 0.5) is 13.2 Å². The Morgan fingerprint density at radius 3 is 2.44 bits per heavy atom. The molecule has 1 N–H and O–H groups in total. The molecule has 0 aliphatic heterocycles. The van der Waals surface area contributed by atoms with Crippen LogP contribution in [0.3, 0.4) is 0 Å². The fourth-order valence-corrected chi connectivity index (χ4v) is 1.98. The van der Waals surface area contributed by atoms with Gasteiger partial charge in [-0.3, -0.25) is 0 Å². The highest BCUT2D eigenvalue weighted by Gasteiger charge is 2.32. The summed E-state index contributed by atoms with van der Waals surface area (Å²) in [6.07, 6.45) is -4.15. The maximum Gasteiger partial charge on any atom is 0.390 e. The van der Waals surface area contributed by atoms with Gasteiger partial charge < -0.3 is 5.32 Å². The normalized spacial score (nSPS) is 13.7. The molecule has 1 nitrogen and oxygen atoms in total. The standard InChI is InChI=1S/C14H20F3N/c1-4-7-18-13(9-14(15,16)17)12-8-10(2)5-6-11(12)3/h5-6,8,13,18H,4,7,9H2,1-3H3. The van der Waals surface area contributed by atoms with Gasteiger partial charge >= 0.3 is 6.18 Å². The van der Waals surface area contributed by atoms with Crippen molar-refractivity contribution in [3.05, 3.63) is 34.9 Å². The van der Waals surface area contributed by atoms with Gasteiger partial charge in [0.2, 0.25) is 0 Å². The first-order chi connectivity index (χ1) is 8.33. The third-order valence-corrected chi connectivity index (χ3v) is 2.89. The molecule has 0 radical (unpaired) electrons. The molecule has 102 valence electrons. The Labute approximate surface area is 106 Å². The van der Waals surface area contributed by atoms with Crippen molar-refractivity contribution in [3.8, 4) is 0 Å². The van der Waals surface area contributed by atoms with Crippen molar-refractivity contribution in [2.75, 3.05) is 6.54 Å². The second kappa shape index (κ2) is 6.23. The molecule has 0 spiro atoms. The summed E-state index contributed by atoms with van der Waals surface area (Å²) in [4.78, 5) is 0. The monoisotopic (exact) mass is 259 g/mol. The number of halogens is 3. The lowest BCUT2D eigenvalue weighted by Gasteiger charge is -2.22. The molecule has 1 aromatic carbocycles. The Hall–Kier alpha value is -1.03. The maximum absolute atomic E-state index is 12.6. The van der Waals surface area contributed by atoms with Crippen LogP contribution in [-0.4, -0.2) is 12.7 Å². The smallest absolute Gasteiger partial charge is 0.310 e. The molecule has 0 saturated carbocycles. The number of hydrogen-bond acceptors (Lipinski definition) is 1. The molecule has 0 heterocycles. The summed E-state index contributed by atoms with van der Waals surface area (Å²) in [5, 5.41) is 2.99. The minimum Gasteiger partial charge on any atom is -0.310 e. The second-order valence-corrected chi connectivity index (χ2v) is 4.69. The quantitative estimate of drug-likeness (QED) is 0.831. The van der Waals surface area contributed by atoms with E-state index in [0.29, 0.717) is 6.54 Å². The predicted molar refractivity (Wildman–Crippen MR) is 67.6 cm³/mol. The van der Waals surface area contributed by atoms with Crippen LogP contribution in [0.15, 0.2) is 18.2 Å². The number of nitrogens with one attached hydrogen (secondary N) is 1. The summed E-state index contributed by atoms with van der Waals surface area (Å²) in [7, 11) is 0. The summed E-state index contributed by atoms with van der Waals surface area (Å²) in [6.45, 7) is 6.29. The lowest BCUT2D eigenvalue weighted by molar-refractivity contribution is -0.140. The van der Waals surface area contributed by atoms with E-state index in [-0.39, 0.29) is 0 Å². The van der Waals surface area contributed by atoms with E-state index in [2.05, 4.69) is 5.32 Å². The van der Waals surface area contributed by atoms with Crippen LogP contribution in [0.25, 0.3) is 0 Å². The highest BCUT2D eigenvalue weighted by Crippen LogP contribution is 2.31. The Bertz CT molecular complexity index is 385. The van der Waals surface area contributed by atoms with E-state index in [0.717, 1.165) is 23.1 Å². The van der Waals surface area contributed by atoms with E-state index < -0.39 is 18.6 Å². The number of aryl methyl sites for hydroxylation is 2. The molecular formula is C14H20F3N. The molecule has 0 fully saturated rings. The van der Waals surface area contributed by atoms with Gasteiger partial charge in [-0.15, -0.1) is 0 Å². The molecule has 1 atom stereocenters. The van der Waals surface area contributed by atoms with Gasteiger partial charge in [-0.05, 0) is 37.9 Å².